The predicted molar refractivity (Wildman–Crippen MR) is 114 cm³/mol. The van der Waals surface area contributed by atoms with Crippen LogP contribution in [0.15, 0.2) is 24.0 Å². The van der Waals surface area contributed by atoms with Crippen LogP contribution in [0.5, 0.6) is 11.5 Å². The third-order valence-electron chi connectivity index (χ3n) is 6.86. The van der Waals surface area contributed by atoms with E-state index in [0.29, 0.717) is 24.7 Å². The summed E-state index contributed by atoms with van der Waals surface area (Å²) >= 11 is 0. The molecule has 0 atom stereocenters. The van der Waals surface area contributed by atoms with Gasteiger partial charge in [0.2, 0.25) is 11.6 Å². The van der Waals surface area contributed by atoms with Gasteiger partial charge in [-0.2, -0.15) is 8.78 Å². The van der Waals surface area contributed by atoms with Gasteiger partial charge < -0.3 is 9.47 Å². The van der Waals surface area contributed by atoms with Gasteiger partial charge in [-0.3, -0.25) is 9.18 Å². The van der Waals surface area contributed by atoms with Crippen LogP contribution < -0.4 is 9.47 Å². The summed E-state index contributed by atoms with van der Waals surface area (Å²) < 4.78 is 64.2. The van der Waals surface area contributed by atoms with Crippen molar-refractivity contribution in [3.63, 3.8) is 0 Å². The maximum Gasteiger partial charge on any atom is 0.314 e. The molecule has 178 valence electrons. The zero-order valence-electron chi connectivity index (χ0n) is 18.6. The Kier molecular flexibility index (Phi) is 9.00. The molecule has 0 aromatic heterocycles. The Labute approximate surface area is 187 Å². The van der Waals surface area contributed by atoms with Crippen molar-refractivity contribution in [2.75, 3.05) is 13.3 Å². The number of carbonyl (C=O) groups excluding carboxylic acids is 1. The number of benzene rings is 1. The Morgan fingerprint density at radius 2 is 1.53 bits per heavy atom. The molecule has 0 bridgehead atoms. The van der Waals surface area contributed by atoms with Crippen LogP contribution in [0.3, 0.4) is 0 Å². The van der Waals surface area contributed by atoms with Crippen LogP contribution in [0.4, 0.5) is 17.6 Å². The van der Waals surface area contributed by atoms with E-state index in [-0.39, 0.29) is 36.4 Å². The molecule has 2 aliphatic carbocycles. The molecular weight excluding hydrogens is 424 g/mol. The fourth-order valence-corrected chi connectivity index (χ4v) is 5.09. The molecular formula is C25H32F4O3. The lowest BCUT2D eigenvalue weighted by atomic mass is 9.69. The van der Waals surface area contributed by atoms with Crippen LogP contribution in [-0.4, -0.2) is 19.3 Å². The van der Waals surface area contributed by atoms with E-state index < -0.39 is 30.0 Å². The lowest BCUT2D eigenvalue weighted by Crippen LogP contribution is -2.30. The van der Waals surface area contributed by atoms with Crippen molar-refractivity contribution in [3.05, 3.63) is 35.7 Å². The third kappa shape index (κ3) is 6.26. The SMILES string of the molecule is CCOc1ccc(OC(=O)C2CCC(C3CCC(/C=C(\F)CCF)CC3)CC2)c(F)c1F. The average Bonchev–Trinajstić information content (AvgIpc) is 2.79. The molecule has 2 fully saturated rings. The lowest BCUT2D eigenvalue weighted by Gasteiger charge is -2.36. The molecule has 7 heteroatoms. The van der Waals surface area contributed by atoms with Crippen LogP contribution in [-0.2, 0) is 4.79 Å². The number of alkyl halides is 1. The van der Waals surface area contributed by atoms with Gasteiger partial charge in [0.25, 0.3) is 0 Å². The fourth-order valence-electron chi connectivity index (χ4n) is 5.09. The number of hydrogen-bond donors (Lipinski definition) is 0. The van der Waals surface area contributed by atoms with E-state index in [9.17, 15) is 22.4 Å². The first kappa shape index (κ1) is 24.6. The number of allylic oxidation sites excluding steroid dienone is 2. The Morgan fingerprint density at radius 1 is 0.969 bits per heavy atom. The topological polar surface area (TPSA) is 35.5 Å². The van der Waals surface area contributed by atoms with Gasteiger partial charge in [-0.25, -0.2) is 4.39 Å². The monoisotopic (exact) mass is 456 g/mol. The van der Waals surface area contributed by atoms with Crippen LogP contribution in [0.25, 0.3) is 0 Å². The molecule has 1 aromatic rings. The molecule has 0 spiro atoms. The number of hydrogen-bond acceptors (Lipinski definition) is 3. The Balaban J connectivity index is 1.46. The predicted octanol–water partition coefficient (Wildman–Crippen LogP) is 7.09. The second-order valence-corrected chi connectivity index (χ2v) is 8.88. The Morgan fingerprint density at radius 3 is 2.12 bits per heavy atom. The Hall–Kier alpha value is -2.05. The molecule has 0 unspecified atom stereocenters. The van der Waals surface area contributed by atoms with Gasteiger partial charge in [-0.05, 0) is 94.3 Å². The second-order valence-electron chi connectivity index (χ2n) is 8.88. The summed E-state index contributed by atoms with van der Waals surface area (Å²) in [4.78, 5) is 12.5. The molecule has 3 nitrogen and oxygen atoms in total. The van der Waals surface area contributed by atoms with Gasteiger partial charge in [-0.15, -0.1) is 0 Å². The molecule has 0 N–H and O–H groups in total. The van der Waals surface area contributed by atoms with Crippen LogP contribution >= 0.6 is 0 Å². The minimum atomic E-state index is -1.22. The van der Waals surface area contributed by atoms with E-state index in [2.05, 4.69) is 0 Å². The molecule has 32 heavy (non-hydrogen) atoms. The smallest absolute Gasteiger partial charge is 0.314 e. The molecule has 0 amide bonds. The maximum atomic E-state index is 14.2. The summed E-state index contributed by atoms with van der Waals surface area (Å²) in [7, 11) is 0. The van der Waals surface area contributed by atoms with E-state index in [0.717, 1.165) is 38.5 Å². The van der Waals surface area contributed by atoms with E-state index in [1.807, 2.05) is 0 Å². The maximum absolute atomic E-state index is 14.2. The number of ether oxygens (including phenoxy) is 2. The van der Waals surface area contributed by atoms with Gasteiger partial charge in [0.05, 0.1) is 25.0 Å². The summed E-state index contributed by atoms with van der Waals surface area (Å²) in [5.74, 6) is -2.93. The molecule has 2 aliphatic rings. The first-order valence-corrected chi connectivity index (χ1v) is 11.7. The first-order chi connectivity index (χ1) is 15.4. The summed E-state index contributed by atoms with van der Waals surface area (Å²) in [5, 5.41) is 0. The third-order valence-corrected chi connectivity index (χ3v) is 6.86. The summed E-state index contributed by atoms with van der Waals surface area (Å²) in [6.07, 6.45) is 8.41. The average molecular weight is 457 g/mol. The van der Waals surface area contributed by atoms with E-state index in [1.165, 1.54) is 12.1 Å². The van der Waals surface area contributed by atoms with Crippen molar-refractivity contribution in [3.8, 4) is 11.5 Å². The molecule has 2 saturated carbocycles. The zero-order valence-corrected chi connectivity index (χ0v) is 18.6. The first-order valence-electron chi connectivity index (χ1n) is 11.7. The summed E-state index contributed by atoms with van der Waals surface area (Å²) in [6.45, 7) is 1.20. The standard InChI is InChI=1S/C25H32F4O3/c1-2-31-21-11-12-22(24(29)23(21)28)32-25(30)19-9-7-18(8-10-19)17-5-3-16(4-6-17)15-20(27)13-14-26/h11-12,15-19H,2-10,13-14H2,1H3/b20-15-. The van der Waals surface area contributed by atoms with E-state index >= 15 is 0 Å². The fraction of sp³-hybridized carbons (Fsp3) is 0.640. The number of rotatable bonds is 8. The zero-order chi connectivity index (χ0) is 23.1. The summed E-state index contributed by atoms with van der Waals surface area (Å²) in [5.41, 5.74) is 0. The second kappa shape index (κ2) is 11.7. The molecule has 3 rings (SSSR count). The van der Waals surface area contributed by atoms with Gasteiger partial charge in [0.15, 0.2) is 11.5 Å². The van der Waals surface area contributed by atoms with Crippen molar-refractivity contribution >= 4 is 5.97 Å². The van der Waals surface area contributed by atoms with Gasteiger partial charge in [0, 0.05) is 6.42 Å². The lowest BCUT2D eigenvalue weighted by molar-refractivity contribution is -0.140. The van der Waals surface area contributed by atoms with Gasteiger partial charge in [0.1, 0.15) is 0 Å². The minimum Gasteiger partial charge on any atom is -0.491 e. The highest BCUT2D eigenvalue weighted by molar-refractivity contribution is 5.75. The highest BCUT2D eigenvalue weighted by Gasteiger charge is 2.34. The van der Waals surface area contributed by atoms with Crippen LogP contribution in [0.2, 0.25) is 0 Å². The number of carbonyl (C=O) groups is 1. The van der Waals surface area contributed by atoms with Crippen molar-refractivity contribution in [2.24, 2.45) is 23.7 Å². The van der Waals surface area contributed by atoms with Crippen molar-refractivity contribution in [1.29, 1.82) is 0 Å². The highest BCUT2D eigenvalue weighted by atomic mass is 19.2. The van der Waals surface area contributed by atoms with Crippen LogP contribution in [0, 0.1) is 35.3 Å². The Bertz CT molecular complexity index is 795. The summed E-state index contributed by atoms with van der Waals surface area (Å²) in [6, 6.07) is 2.48. The molecule has 0 saturated heterocycles. The number of esters is 1. The molecule has 0 radical (unpaired) electrons. The highest BCUT2D eigenvalue weighted by Crippen LogP contribution is 2.42. The quantitative estimate of drug-likeness (QED) is 0.238. The van der Waals surface area contributed by atoms with Gasteiger partial charge >= 0.3 is 5.97 Å². The molecule has 0 aliphatic heterocycles. The normalized spacial score (nSPS) is 26.6. The van der Waals surface area contributed by atoms with E-state index in [4.69, 9.17) is 9.47 Å². The van der Waals surface area contributed by atoms with Crippen molar-refractivity contribution in [1.82, 2.24) is 0 Å². The molecule has 0 heterocycles. The minimum absolute atomic E-state index is 0.132. The van der Waals surface area contributed by atoms with E-state index in [1.54, 1.807) is 13.0 Å². The largest absolute Gasteiger partial charge is 0.491 e. The van der Waals surface area contributed by atoms with Gasteiger partial charge in [-0.1, -0.05) is 0 Å². The van der Waals surface area contributed by atoms with Crippen molar-refractivity contribution < 1.29 is 31.8 Å². The van der Waals surface area contributed by atoms with Crippen molar-refractivity contribution in [2.45, 2.75) is 64.7 Å². The van der Waals surface area contributed by atoms with Crippen LogP contribution in [0.1, 0.15) is 64.7 Å². The number of halogens is 4. The molecule has 1 aromatic carbocycles.